The molecule has 1 fully saturated rings. The zero-order chi connectivity index (χ0) is 12.3. The van der Waals surface area contributed by atoms with Crippen molar-refractivity contribution in [2.75, 3.05) is 13.1 Å². The number of amides is 1. The molecule has 1 saturated heterocycles. The SMILES string of the molecule is CC(C)CN1C[C@H](N)C[C@H]1C(=O)NC(C)C. The van der Waals surface area contributed by atoms with Crippen LogP contribution in [0.2, 0.25) is 0 Å². The van der Waals surface area contributed by atoms with E-state index in [1.54, 1.807) is 0 Å². The van der Waals surface area contributed by atoms with Gasteiger partial charge in [-0.05, 0) is 26.2 Å². The van der Waals surface area contributed by atoms with Crippen LogP contribution in [0, 0.1) is 5.92 Å². The Morgan fingerprint density at radius 3 is 2.56 bits per heavy atom. The van der Waals surface area contributed by atoms with Crippen LogP contribution in [-0.2, 0) is 4.79 Å². The molecule has 0 radical (unpaired) electrons. The molecule has 16 heavy (non-hydrogen) atoms. The van der Waals surface area contributed by atoms with Crippen molar-refractivity contribution in [2.45, 2.75) is 52.2 Å². The number of hydrogen-bond acceptors (Lipinski definition) is 3. The normalized spacial score (nSPS) is 26.7. The van der Waals surface area contributed by atoms with E-state index in [0.717, 1.165) is 19.5 Å². The van der Waals surface area contributed by atoms with Gasteiger partial charge in [0.1, 0.15) is 0 Å². The van der Waals surface area contributed by atoms with Crippen LogP contribution < -0.4 is 11.1 Å². The van der Waals surface area contributed by atoms with Crippen LogP contribution in [0.4, 0.5) is 0 Å². The smallest absolute Gasteiger partial charge is 0.237 e. The second kappa shape index (κ2) is 5.64. The lowest BCUT2D eigenvalue weighted by Crippen LogP contribution is -2.46. The number of likely N-dealkylation sites (tertiary alicyclic amines) is 1. The highest BCUT2D eigenvalue weighted by atomic mass is 16.2. The van der Waals surface area contributed by atoms with Gasteiger partial charge in [0, 0.05) is 25.2 Å². The summed E-state index contributed by atoms with van der Waals surface area (Å²) in [7, 11) is 0. The molecule has 1 heterocycles. The lowest BCUT2D eigenvalue weighted by molar-refractivity contribution is -0.126. The number of hydrogen-bond donors (Lipinski definition) is 2. The van der Waals surface area contributed by atoms with Crippen molar-refractivity contribution in [2.24, 2.45) is 11.7 Å². The Balaban J connectivity index is 2.58. The summed E-state index contributed by atoms with van der Waals surface area (Å²) in [4.78, 5) is 14.2. The standard InChI is InChI=1S/C12H25N3O/c1-8(2)6-15-7-10(13)5-11(15)12(16)14-9(3)4/h8-11H,5-7,13H2,1-4H3,(H,14,16)/t10-,11+/m1/s1. The van der Waals surface area contributed by atoms with E-state index in [2.05, 4.69) is 24.1 Å². The predicted molar refractivity (Wildman–Crippen MR) is 66.1 cm³/mol. The first-order chi connectivity index (χ1) is 7.40. The first kappa shape index (κ1) is 13.5. The second-order valence-electron chi connectivity index (χ2n) is 5.52. The third-order valence-electron chi connectivity index (χ3n) is 2.77. The Morgan fingerprint density at radius 2 is 2.06 bits per heavy atom. The van der Waals surface area contributed by atoms with Gasteiger partial charge in [-0.15, -0.1) is 0 Å². The van der Waals surface area contributed by atoms with E-state index >= 15 is 0 Å². The van der Waals surface area contributed by atoms with Crippen molar-refractivity contribution in [3.63, 3.8) is 0 Å². The van der Waals surface area contributed by atoms with Crippen LogP contribution >= 0.6 is 0 Å². The predicted octanol–water partition coefficient (Wildman–Crippen LogP) is 0.569. The molecular weight excluding hydrogens is 202 g/mol. The molecule has 1 rings (SSSR count). The summed E-state index contributed by atoms with van der Waals surface area (Å²) < 4.78 is 0. The monoisotopic (exact) mass is 227 g/mol. The Bertz CT molecular complexity index is 240. The van der Waals surface area contributed by atoms with Crippen molar-refractivity contribution in [3.8, 4) is 0 Å². The molecule has 3 N–H and O–H groups in total. The van der Waals surface area contributed by atoms with E-state index < -0.39 is 0 Å². The van der Waals surface area contributed by atoms with E-state index in [1.165, 1.54) is 0 Å². The first-order valence-electron chi connectivity index (χ1n) is 6.20. The molecule has 0 aliphatic carbocycles. The van der Waals surface area contributed by atoms with E-state index in [9.17, 15) is 4.79 Å². The minimum absolute atomic E-state index is 0.0280. The molecule has 0 spiro atoms. The van der Waals surface area contributed by atoms with Crippen molar-refractivity contribution < 1.29 is 4.79 Å². The van der Waals surface area contributed by atoms with Crippen molar-refractivity contribution in [1.29, 1.82) is 0 Å². The number of nitrogens with one attached hydrogen (secondary N) is 1. The third-order valence-corrected chi connectivity index (χ3v) is 2.77. The van der Waals surface area contributed by atoms with Gasteiger partial charge in [-0.3, -0.25) is 9.69 Å². The van der Waals surface area contributed by atoms with E-state index in [0.29, 0.717) is 5.92 Å². The Morgan fingerprint density at radius 1 is 1.44 bits per heavy atom. The highest BCUT2D eigenvalue weighted by molar-refractivity contribution is 5.82. The second-order valence-corrected chi connectivity index (χ2v) is 5.52. The molecule has 0 unspecified atom stereocenters. The summed E-state index contributed by atoms with van der Waals surface area (Å²) in [5, 5.41) is 2.97. The topological polar surface area (TPSA) is 58.4 Å². The lowest BCUT2D eigenvalue weighted by atomic mass is 10.1. The van der Waals surface area contributed by atoms with Crippen LogP contribution in [0.25, 0.3) is 0 Å². The first-order valence-corrected chi connectivity index (χ1v) is 6.20. The van der Waals surface area contributed by atoms with Gasteiger partial charge in [-0.1, -0.05) is 13.8 Å². The molecule has 0 aromatic carbocycles. The quantitative estimate of drug-likeness (QED) is 0.738. The largest absolute Gasteiger partial charge is 0.353 e. The fourth-order valence-corrected chi connectivity index (χ4v) is 2.26. The van der Waals surface area contributed by atoms with Gasteiger partial charge in [0.2, 0.25) is 5.91 Å². The average molecular weight is 227 g/mol. The van der Waals surface area contributed by atoms with E-state index in [-0.39, 0.29) is 24.0 Å². The summed E-state index contributed by atoms with van der Waals surface area (Å²) in [5.41, 5.74) is 5.94. The van der Waals surface area contributed by atoms with E-state index in [4.69, 9.17) is 5.73 Å². The molecule has 0 aromatic rings. The fourth-order valence-electron chi connectivity index (χ4n) is 2.26. The number of rotatable bonds is 4. The molecule has 4 nitrogen and oxygen atoms in total. The summed E-state index contributed by atoms with van der Waals surface area (Å²) in [5.74, 6) is 0.697. The number of carbonyl (C=O) groups excluding carboxylic acids is 1. The molecule has 4 heteroatoms. The molecule has 0 bridgehead atoms. The zero-order valence-electron chi connectivity index (χ0n) is 10.9. The van der Waals surface area contributed by atoms with Crippen LogP contribution in [0.1, 0.15) is 34.1 Å². The summed E-state index contributed by atoms with van der Waals surface area (Å²) in [6.07, 6.45) is 0.783. The van der Waals surface area contributed by atoms with E-state index in [1.807, 2.05) is 13.8 Å². The Hall–Kier alpha value is -0.610. The number of carbonyl (C=O) groups is 1. The molecule has 0 saturated carbocycles. The minimum atomic E-state index is -0.0280. The highest BCUT2D eigenvalue weighted by Gasteiger charge is 2.35. The minimum Gasteiger partial charge on any atom is -0.353 e. The Labute approximate surface area is 98.6 Å². The van der Waals surface area contributed by atoms with Gasteiger partial charge >= 0.3 is 0 Å². The van der Waals surface area contributed by atoms with Crippen LogP contribution in [0.15, 0.2) is 0 Å². The van der Waals surface area contributed by atoms with Crippen molar-refractivity contribution in [3.05, 3.63) is 0 Å². The maximum atomic E-state index is 12.0. The summed E-state index contributed by atoms with van der Waals surface area (Å²) in [6, 6.07) is 0.312. The van der Waals surface area contributed by atoms with Crippen LogP contribution in [0.5, 0.6) is 0 Å². The molecular formula is C12H25N3O. The fraction of sp³-hybridized carbons (Fsp3) is 0.917. The van der Waals surface area contributed by atoms with Gasteiger partial charge in [-0.25, -0.2) is 0 Å². The maximum absolute atomic E-state index is 12.0. The van der Waals surface area contributed by atoms with Crippen LogP contribution in [0.3, 0.4) is 0 Å². The molecule has 94 valence electrons. The highest BCUT2D eigenvalue weighted by Crippen LogP contribution is 2.18. The third kappa shape index (κ3) is 3.76. The maximum Gasteiger partial charge on any atom is 0.237 e. The zero-order valence-corrected chi connectivity index (χ0v) is 10.9. The molecule has 1 amide bonds. The molecule has 1 aliphatic rings. The van der Waals surface area contributed by atoms with Crippen molar-refractivity contribution in [1.82, 2.24) is 10.2 Å². The van der Waals surface area contributed by atoms with Gasteiger partial charge in [0.05, 0.1) is 6.04 Å². The molecule has 2 atom stereocenters. The number of nitrogens with two attached hydrogens (primary N) is 1. The molecule has 0 aromatic heterocycles. The van der Waals surface area contributed by atoms with Crippen LogP contribution in [-0.4, -0.2) is 42.0 Å². The van der Waals surface area contributed by atoms with Gasteiger partial charge in [0.25, 0.3) is 0 Å². The average Bonchev–Trinajstić information content (AvgIpc) is 2.44. The van der Waals surface area contributed by atoms with Crippen molar-refractivity contribution >= 4 is 5.91 Å². The van der Waals surface area contributed by atoms with Gasteiger partial charge < -0.3 is 11.1 Å². The number of nitrogens with zero attached hydrogens (tertiary/aromatic N) is 1. The summed E-state index contributed by atoms with van der Waals surface area (Å²) >= 11 is 0. The van der Waals surface area contributed by atoms with Gasteiger partial charge in [-0.2, -0.15) is 0 Å². The van der Waals surface area contributed by atoms with Gasteiger partial charge in [0.15, 0.2) is 0 Å². The Kier molecular flexibility index (Phi) is 4.74. The lowest BCUT2D eigenvalue weighted by Gasteiger charge is -2.25. The molecule has 1 aliphatic heterocycles. The summed E-state index contributed by atoms with van der Waals surface area (Å²) in [6.45, 7) is 10.1.